The number of halogens is 2. The Morgan fingerprint density at radius 2 is 1.75 bits per heavy atom. The molecule has 1 heterocycles. The van der Waals surface area contributed by atoms with Crippen molar-refractivity contribution in [3.05, 3.63) is 57.1 Å². The van der Waals surface area contributed by atoms with Gasteiger partial charge >= 0.3 is 0 Å². The fourth-order valence-corrected chi connectivity index (χ4v) is 3.61. The lowest BCUT2D eigenvalue weighted by Gasteiger charge is -2.35. The van der Waals surface area contributed by atoms with Crippen molar-refractivity contribution >= 4 is 23.2 Å². The molecule has 5 heteroatoms. The summed E-state index contributed by atoms with van der Waals surface area (Å²) in [6, 6.07) is 10.3. The van der Waals surface area contributed by atoms with Crippen LogP contribution in [-0.4, -0.2) is 25.7 Å². The molecule has 0 bridgehead atoms. The highest BCUT2D eigenvalue weighted by atomic mass is 35.5. The first-order chi connectivity index (χ1) is 11.5. The summed E-state index contributed by atoms with van der Waals surface area (Å²) in [6.45, 7) is 4.05. The number of rotatable bonds is 4. The van der Waals surface area contributed by atoms with Gasteiger partial charge in [0, 0.05) is 19.1 Å². The van der Waals surface area contributed by atoms with Crippen LogP contribution in [0.1, 0.15) is 29.7 Å². The Labute approximate surface area is 153 Å². The molecule has 2 aromatic carbocycles. The molecule has 0 spiro atoms. The zero-order valence-corrected chi connectivity index (χ0v) is 15.6. The molecule has 1 atom stereocenters. The van der Waals surface area contributed by atoms with Crippen LogP contribution >= 0.6 is 23.2 Å². The van der Waals surface area contributed by atoms with Gasteiger partial charge in [-0.2, -0.15) is 0 Å². The molecular formula is C19H21Cl2NO2. The van der Waals surface area contributed by atoms with Crippen molar-refractivity contribution < 1.29 is 9.47 Å². The fraction of sp³-hybridized carbons (Fsp3) is 0.368. The Hall–Kier alpha value is -1.42. The van der Waals surface area contributed by atoms with E-state index >= 15 is 0 Å². The van der Waals surface area contributed by atoms with Crippen molar-refractivity contribution in [3.8, 4) is 11.5 Å². The van der Waals surface area contributed by atoms with E-state index < -0.39 is 0 Å². The number of fused-ring (bicyclic) bond motifs is 1. The molecule has 0 fully saturated rings. The van der Waals surface area contributed by atoms with Gasteiger partial charge in [0.15, 0.2) is 11.5 Å². The molecule has 0 radical (unpaired) electrons. The second-order valence-electron chi connectivity index (χ2n) is 6.05. The van der Waals surface area contributed by atoms with Crippen LogP contribution in [0.25, 0.3) is 0 Å². The monoisotopic (exact) mass is 365 g/mol. The average molecular weight is 366 g/mol. The molecule has 24 heavy (non-hydrogen) atoms. The Balaban J connectivity index is 1.85. The molecule has 2 aromatic rings. The Bertz CT molecular complexity index is 748. The van der Waals surface area contributed by atoms with E-state index in [4.69, 9.17) is 32.7 Å². The number of hydrogen-bond acceptors (Lipinski definition) is 3. The molecule has 0 amide bonds. The third-order valence-corrected chi connectivity index (χ3v) is 5.42. The predicted molar refractivity (Wildman–Crippen MR) is 98.5 cm³/mol. The first kappa shape index (κ1) is 17.4. The molecule has 0 N–H and O–H groups in total. The van der Waals surface area contributed by atoms with Crippen LogP contribution in [0.2, 0.25) is 10.0 Å². The van der Waals surface area contributed by atoms with Gasteiger partial charge in [-0.15, -0.1) is 0 Å². The normalized spacial score (nSPS) is 17.5. The second kappa shape index (κ2) is 7.22. The van der Waals surface area contributed by atoms with E-state index in [1.165, 1.54) is 16.7 Å². The molecule has 128 valence electrons. The van der Waals surface area contributed by atoms with Gasteiger partial charge in [0.05, 0.1) is 24.3 Å². The van der Waals surface area contributed by atoms with Gasteiger partial charge in [-0.3, -0.25) is 4.90 Å². The Morgan fingerprint density at radius 3 is 2.42 bits per heavy atom. The summed E-state index contributed by atoms with van der Waals surface area (Å²) in [5.41, 5.74) is 3.78. The lowest BCUT2D eigenvalue weighted by molar-refractivity contribution is 0.189. The highest BCUT2D eigenvalue weighted by Crippen LogP contribution is 2.38. The molecule has 0 aromatic heterocycles. The predicted octanol–water partition coefficient (Wildman–Crippen LogP) is 5.13. The van der Waals surface area contributed by atoms with Gasteiger partial charge < -0.3 is 9.47 Å². The van der Waals surface area contributed by atoms with Crippen LogP contribution in [0.15, 0.2) is 30.3 Å². The van der Waals surface area contributed by atoms with Crippen molar-refractivity contribution in [2.24, 2.45) is 0 Å². The molecule has 3 nitrogen and oxygen atoms in total. The largest absolute Gasteiger partial charge is 0.493 e. The lowest BCUT2D eigenvalue weighted by atomic mass is 9.92. The molecule has 0 unspecified atom stereocenters. The quantitative estimate of drug-likeness (QED) is 0.749. The van der Waals surface area contributed by atoms with Crippen molar-refractivity contribution in [2.75, 3.05) is 20.8 Å². The van der Waals surface area contributed by atoms with Crippen LogP contribution < -0.4 is 9.47 Å². The van der Waals surface area contributed by atoms with Gasteiger partial charge in [0.25, 0.3) is 0 Å². The number of hydrogen-bond donors (Lipinski definition) is 0. The van der Waals surface area contributed by atoms with Crippen molar-refractivity contribution in [1.29, 1.82) is 0 Å². The van der Waals surface area contributed by atoms with Crippen molar-refractivity contribution in [2.45, 2.75) is 25.9 Å². The summed E-state index contributed by atoms with van der Waals surface area (Å²) in [4.78, 5) is 2.44. The molecular weight excluding hydrogens is 345 g/mol. The topological polar surface area (TPSA) is 21.7 Å². The van der Waals surface area contributed by atoms with Gasteiger partial charge in [-0.05, 0) is 54.3 Å². The minimum Gasteiger partial charge on any atom is -0.493 e. The van der Waals surface area contributed by atoms with E-state index in [0.29, 0.717) is 16.1 Å². The fourth-order valence-electron chi connectivity index (χ4n) is 3.29. The number of methoxy groups -OCH3 is 2. The highest BCUT2D eigenvalue weighted by Gasteiger charge is 2.26. The minimum absolute atomic E-state index is 0.294. The van der Waals surface area contributed by atoms with E-state index in [-0.39, 0.29) is 0 Å². The maximum absolute atomic E-state index is 6.14. The van der Waals surface area contributed by atoms with Gasteiger partial charge in [-0.1, -0.05) is 29.3 Å². The zero-order chi connectivity index (χ0) is 17.3. The van der Waals surface area contributed by atoms with E-state index in [1.54, 1.807) is 14.2 Å². The van der Waals surface area contributed by atoms with E-state index in [1.807, 2.05) is 18.2 Å². The number of nitrogens with zero attached hydrogens (tertiary/aromatic N) is 1. The third-order valence-electron chi connectivity index (χ3n) is 4.68. The number of ether oxygens (including phenoxy) is 2. The van der Waals surface area contributed by atoms with Crippen LogP contribution in [0.5, 0.6) is 11.5 Å². The highest BCUT2D eigenvalue weighted by molar-refractivity contribution is 6.42. The summed E-state index contributed by atoms with van der Waals surface area (Å²) >= 11 is 12.2. The van der Waals surface area contributed by atoms with Crippen LogP contribution in [0, 0.1) is 0 Å². The molecule has 0 saturated heterocycles. The average Bonchev–Trinajstić information content (AvgIpc) is 2.59. The molecule has 1 aliphatic heterocycles. The summed E-state index contributed by atoms with van der Waals surface area (Å²) in [5.74, 6) is 1.57. The first-order valence-corrected chi connectivity index (χ1v) is 8.72. The van der Waals surface area contributed by atoms with E-state index in [0.717, 1.165) is 31.0 Å². The van der Waals surface area contributed by atoms with Gasteiger partial charge in [0.1, 0.15) is 0 Å². The summed E-state index contributed by atoms with van der Waals surface area (Å²) in [6.07, 6.45) is 0.987. The summed E-state index contributed by atoms with van der Waals surface area (Å²) in [5, 5.41) is 1.19. The maximum atomic E-state index is 6.14. The Kier molecular flexibility index (Phi) is 5.24. The molecule has 1 aliphatic rings. The maximum Gasteiger partial charge on any atom is 0.161 e. The summed E-state index contributed by atoms with van der Waals surface area (Å²) in [7, 11) is 3.35. The van der Waals surface area contributed by atoms with Crippen molar-refractivity contribution in [1.82, 2.24) is 4.90 Å². The van der Waals surface area contributed by atoms with E-state index in [2.05, 4.69) is 24.0 Å². The molecule has 0 aliphatic carbocycles. The second-order valence-corrected chi connectivity index (χ2v) is 6.87. The Morgan fingerprint density at radius 1 is 1.04 bits per heavy atom. The van der Waals surface area contributed by atoms with E-state index in [9.17, 15) is 0 Å². The van der Waals surface area contributed by atoms with Crippen LogP contribution in [0.3, 0.4) is 0 Å². The minimum atomic E-state index is 0.294. The zero-order valence-electron chi connectivity index (χ0n) is 14.1. The molecule has 0 saturated carbocycles. The van der Waals surface area contributed by atoms with Gasteiger partial charge in [-0.25, -0.2) is 0 Å². The first-order valence-electron chi connectivity index (χ1n) is 7.96. The number of benzene rings is 2. The smallest absolute Gasteiger partial charge is 0.161 e. The van der Waals surface area contributed by atoms with Crippen molar-refractivity contribution in [3.63, 3.8) is 0 Å². The molecule has 3 rings (SSSR count). The third kappa shape index (κ3) is 3.34. The van der Waals surface area contributed by atoms with Crippen LogP contribution in [0.4, 0.5) is 0 Å². The van der Waals surface area contributed by atoms with Crippen LogP contribution in [-0.2, 0) is 13.0 Å². The lowest BCUT2D eigenvalue weighted by Crippen LogP contribution is -2.33. The standard InChI is InChI=1S/C19H21Cl2NO2/c1-12-15-10-19(24-3)18(23-2)9-14(15)6-7-22(12)11-13-4-5-16(20)17(21)8-13/h4-5,8-10,12H,6-7,11H2,1-3H3/t12-/m1/s1. The van der Waals surface area contributed by atoms with Gasteiger partial charge in [0.2, 0.25) is 0 Å². The summed E-state index contributed by atoms with van der Waals surface area (Å²) < 4.78 is 10.9. The SMILES string of the molecule is COc1cc2c(cc1OC)[C@@H](C)N(Cc1ccc(Cl)c(Cl)c1)CC2.